The Balaban J connectivity index is 2.16. The molecule has 1 fully saturated rings. The zero-order valence-corrected chi connectivity index (χ0v) is 12.9. The summed E-state index contributed by atoms with van der Waals surface area (Å²) in [5.74, 6) is -1.00. The first-order valence-corrected chi connectivity index (χ1v) is 7.41. The third kappa shape index (κ3) is 3.46. The molecular weight excluding hydrogens is 270 g/mol. The Labute approximate surface area is 124 Å². The van der Waals surface area contributed by atoms with Gasteiger partial charge in [-0.2, -0.15) is 0 Å². The van der Waals surface area contributed by atoms with Crippen LogP contribution in [0.1, 0.15) is 61.2 Å². The number of furan rings is 1. The molecule has 116 valence electrons. The Morgan fingerprint density at radius 1 is 1.43 bits per heavy atom. The van der Waals surface area contributed by atoms with Crippen LogP contribution in [0.5, 0.6) is 0 Å². The molecule has 2 rings (SSSR count). The molecule has 0 aromatic carbocycles. The monoisotopic (exact) mass is 293 g/mol. The average Bonchev–Trinajstić information content (AvgIpc) is 2.72. The lowest BCUT2D eigenvalue weighted by Crippen LogP contribution is -2.47. The van der Waals surface area contributed by atoms with Crippen molar-refractivity contribution in [3.05, 3.63) is 23.2 Å². The van der Waals surface area contributed by atoms with Crippen LogP contribution < -0.4 is 5.32 Å². The molecule has 0 aliphatic heterocycles. The van der Waals surface area contributed by atoms with Crippen LogP contribution in [0.3, 0.4) is 0 Å². The van der Waals surface area contributed by atoms with Gasteiger partial charge in [0, 0.05) is 11.6 Å². The summed E-state index contributed by atoms with van der Waals surface area (Å²) in [4.78, 5) is 23.4. The lowest BCUT2D eigenvalue weighted by atomic mass is 9.73. The maximum atomic E-state index is 12.5. The average molecular weight is 293 g/mol. The second kappa shape index (κ2) is 5.92. The van der Waals surface area contributed by atoms with Crippen molar-refractivity contribution in [2.45, 2.75) is 58.9 Å². The summed E-state index contributed by atoms with van der Waals surface area (Å²) in [6, 6.07) is 0.116. The molecule has 2 N–H and O–H groups in total. The fourth-order valence-electron chi connectivity index (χ4n) is 3.06. The van der Waals surface area contributed by atoms with E-state index in [1.165, 1.54) is 12.7 Å². The smallest absolute Gasteiger partial charge is 0.311 e. The predicted molar refractivity (Wildman–Crippen MR) is 78.3 cm³/mol. The summed E-state index contributed by atoms with van der Waals surface area (Å²) in [5, 5.41) is 12.0. The van der Waals surface area contributed by atoms with Crippen molar-refractivity contribution >= 4 is 11.9 Å². The molecule has 0 saturated heterocycles. The lowest BCUT2D eigenvalue weighted by Gasteiger charge is -2.39. The molecule has 0 bridgehead atoms. The van der Waals surface area contributed by atoms with Gasteiger partial charge < -0.3 is 14.8 Å². The number of amides is 1. The van der Waals surface area contributed by atoms with Crippen molar-refractivity contribution in [3.63, 3.8) is 0 Å². The fourth-order valence-corrected chi connectivity index (χ4v) is 3.06. The Morgan fingerprint density at radius 3 is 2.76 bits per heavy atom. The summed E-state index contributed by atoms with van der Waals surface area (Å²) in [7, 11) is 0. The quantitative estimate of drug-likeness (QED) is 0.894. The molecule has 1 aromatic heterocycles. The maximum absolute atomic E-state index is 12.5. The van der Waals surface area contributed by atoms with Crippen LogP contribution in [-0.4, -0.2) is 23.0 Å². The number of hydrogen-bond donors (Lipinski definition) is 2. The molecule has 5 heteroatoms. The predicted octanol–water partition coefficient (Wildman–Crippen LogP) is 2.91. The number of carboxylic acids is 1. The zero-order chi connectivity index (χ0) is 15.6. The van der Waals surface area contributed by atoms with E-state index in [1.807, 2.05) is 0 Å². The first-order chi connectivity index (χ1) is 9.81. The molecule has 1 heterocycles. The normalized spacial score (nSPS) is 21.0. The number of aliphatic carboxylic acids is 1. The molecule has 1 atom stereocenters. The summed E-state index contributed by atoms with van der Waals surface area (Å²) in [6.45, 7) is 6.09. The summed E-state index contributed by atoms with van der Waals surface area (Å²) < 4.78 is 5.23. The Hall–Kier alpha value is -1.78. The number of nitrogens with one attached hydrogen (secondary N) is 1. The first kappa shape index (κ1) is 15.6. The van der Waals surface area contributed by atoms with Crippen molar-refractivity contribution in [1.29, 1.82) is 0 Å². The van der Waals surface area contributed by atoms with E-state index in [2.05, 4.69) is 19.2 Å². The fraction of sp³-hybridized carbons (Fsp3) is 0.625. The second-order valence-corrected chi connectivity index (χ2v) is 6.55. The molecular formula is C16H23NO4. The summed E-state index contributed by atoms with van der Waals surface area (Å²) >= 11 is 0. The van der Waals surface area contributed by atoms with Crippen LogP contribution in [0, 0.1) is 12.3 Å². The summed E-state index contributed by atoms with van der Waals surface area (Å²) in [5.41, 5.74) is 1.12. The number of carbonyl (C=O) groups excluding carboxylic acids is 1. The Kier molecular flexibility index (Phi) is 4.40. The van der Waals surface area contributed by atoms with Gasteiger partial charge in [0.15, 0.2) is 0 Å². The highest BCUT2D eigenvalue weighted by molar-refractivity contribution is 5.97. The van der Waals surface area contributed by atoms with Crippen molar-refractivity contribution in [3.8, 4) is 0 Å². The molecule has 1 aliphatic rings. The number of hydrogen-bond acceptors (Lipinski definition) is 3. The molecule has 1 saturated carbocycles. The van der Waals surface area contributed by atoms with Gasteiger partial charge in [-0.15, -0.1) is 0 Å². The third-order valence-electron chi connectivity index (χ3n) is 4.40. The molecule has 0 unspecified atom stereocenters. The third-order valence-corrected chi connectivity index (χ3v) is 4.40. The Bertz CT molecular complexity index is 544. The minimum absolute atomic E-state index is 0.0680. The van der Waals surface area contributed by atoms with Crippen LogP contribution in [0.2, 0.25) is 0 Å². The van der Waals surface area contributed by atoms with E-state index in [-0.39, 0.29) is 29.5 Å². The minimum Gasteiger partial charge on any atom is -0.481 e. The standard InChI is InChI=1S/C16H23NO4/c1-10-9-21-11(8-13(18)19)14(10)15(20)17-12-6-4-5-7-16(12,2)3/h9,12H,4-8H2,1-3H3,(H,17,20)(H,18,19)/t12-/m1/s1. The van der Waals surface area contributed by atoms with Gasteiger partial charge in [-0.05, 0) is 25.2 Å². The van der Waals surface area contributed by atoms with Crippen molar-refractivity contribution in [2.24, 2.45) is 5.41 Å². The van der Waals surface area contributed by atoms with E-state index < -0.39 is 5.97 Å². The zero-order valence-electron chi connectivity index (χ0n) is 12.9. The number of carboxylic acid groups (broad SMARTS) is 1. The number of carbonyl (C=O) groups is 2. The van der Waals surface area contributed by atoms with Crippen LogP contribution in [0.25, 0.3) is 0 Å². The summed E-state index contributed by atoms with van der Waals surface area (Å²) in [6.07, 6.45) is 5.52. The number of aryl methyl sites for hydroxylation is 1. The van der Waals surface area contributed by atoms with E-state index in [0.29, 0.717) is 11.1 Å². The van der Waals surface area contributed by atoms with Crippen LogP contribution >= 0.6 is 0 Å². The van der Waals surface area contributed by atoms with Crippen molar-refractivity contribution in [2.75, 3.05) is 0 Å². The minimum atomic E-state index is -1.00. The first-order valence-electron chi connectivity index (χ1n) is 7.41. The van der Waals surface area contributed by atoms with E-state index in [1.54, 1.807) is 6.92 Å². The highest BCUT2D eigenvalue weighted by Crippen LogP contribution is 2.35. The lowest BCUT2D eigenvalue weighted by molar-refractivity contribution is -0.136. The SMILES string of the molecule is Cc1coc(CC(=O)O)c1C(=O)N[C@@H]1CCCCC1(C)C. The van der Waals surface area contributed by atoms with Crippen LogP contribution in [0.15, 0.2) is 10.7 Å². The number of rotatable bonds is 4. The van der Waals surface area contributed by atoms with Gasteiger partial charge in [0.05, 0.1) is 11.8 Å². The van der Waals surface area contributed by atoms with Crippen LogP contribution in [-0.2, 0) is 11.2 Å². The molecule has 21 heavy (non-hydrogen) atoms. The van der Waals surface area contributed by atoms with E-state index in [4.69, 9.17) is 9.52 Å². The molecule has 1 aliphatic carbocycles. The molecule has 1 aromatic rings. The topological polar surface area (TPSA) is 79.5 Å². The van der Waals surface area contributed by atoms with E-state index in [9.17, 15) is 9.59 Å². The van der Waals surface area contributed by atoms with Crippen molar-refractivity contribution in [1.82, 2.24) is 5.32 Å². The second-order valence-electron chi connectivity index (χ2n) is 6.55. The van der Waals surface area contributed by atoms with Gasteiger partial charge in [-0.25, -0.2) is 0 Å². The van der Waals surface area contributed by atoms with E-state index >= 15 is 0 Å². The van der Waals surface area contributed by atoms with Gasteiger partial charge in [0.25, 0.3) is 5.91 Å². The maximum Gasteiger partial charge on any atom is 0.311 e. The highest BCUT2D eigenvalue weighted by atomic mass is 16.4. The van der Waals surface area contributed by atoms with Gasteiger partial charge in [-0.1, -0.05) is 26.7 Å². The molecule has 0 spiro atoms. The Morgan fingerprint density at radius 2 is 2.14 bits per heavy atom. The molecule has 1 amide bonds. The molecule has 0 radical (unpaired) electrons. The van der Waals surface area contributed by atoms with Crippen molar-refractivity contribution < 1.29 is 19.1 Å². The van der Waals surface area contributed by atoms with E-state index in [0.717, 1.165) is 19.3 Å². The van der Waals surface area contributed by atoms with Gasteiger partial charge >= 0.3 is 5.97 Å². The van der Waals surface area contributed by atoms with Gasteiger partial charge in [0.2, 0.25) is 0 Å². The van der Waals surface area contributed by atoms with Gasteiger partial charge in [-0.3, -0.25) is 9.59 Å². The van der Waals surface area contributed by atoms with Gasteiger partial charge in [0.1, 0.15) is 12.2 Å². The highest BCUT2D eigenvalue weighted by Gasteiger charge is 2.34. The largest absolute Gasteiger partial charge is 0.481 e. The van der Waals surface area contributed by atoms with Crippen LogP contribution in [0.4, 0.5) is 0 Å². The molecule has 5 nitrogen and oxygen atoms in total.